The van der Waals surface area contributed by atoms with Crippen LogP contribution in [0.5, 0.6) is 0 Å². The van der Waals surface area contributed by atoms with E-state index in [-0.39, 0.29) is 15.5 Å². The number of rotatable bonds is 2. The molecule has 0 fully saturated rings. The number of benzene rings is 1. The lowest BCUT2D eigenvalue weighted by Crippen LogP contribution is -2.40. The topological polar surface area (TPSA) is 89.3 Å². The first kappa shape index (κ1) is 14.9. The Bertz CT molecular complexity index is 576. The Labute approximate surface area is 111 Å². The monoisotopic (exact) mass is 290 g/mol. The van der Waals surface area contributed by atoms with Crippen molar-refractivity contribution in [2.24, 2.45) is 5.14 Å². The molecule has 0 heterocycles. The Morgan fingerprint density at radius 2 is 1.83 bits per heavy atom. The number of primary sulfonamides is 1. The molecule has 0 saturated carbocycles. The zero-order valence-electron chi connectivity index (χ0n) is 10.3. The van der Waals surface area contributed by atoms with E-state index in [2.05, 4.69) is 5.32 Å². The molecule has 0 bridgehead atoms. The van der Waals surface area contributed by atoms with E-state index >= 15 is 0 Å². The Morgan fingerprint density at radius 1 is 1.28 bits per heavy atom. The van der Waals surface area contributed by atoms with E-state index in [1.807, 2.05) is 20.8 Å². The number of halogens is 1. The van der Waals surface area contributed by atoms with Crippen LogP contribution < -0.4 is 10.5 Å². The molecule has 0 aliphatic carbocycles. The van der Waals surface area contributed by atoms with Gasteiger partial charge in [-0.05, 0) is 39.0 Å². The largest absolute Gasteiger partial charge is 0.347 e. The van der Waals surface area contributed by atoms with Gasteiger partial charge in [-0.3, -0.25) is 4.79 Å². The number of nitrogens with one attached hydrogen (secondary N) is 1. The Kier molecular flexibility index (Phi) is 4.05. The summed E-state index contributed by atoms with van der Waals surface area (Å²) >= 11 is 5.77. The second-order valence-corrected chi connectivity index (χ2v) is 6.92. The van der Waals surface area contributed by atoms with Crippen LogP contribution in [0.25, 0.3) is 0 Å². The maximum Gasteiger partial charge on any atom is 0.251 e. The van der Waals surface area contributed by atoms with Crippen LogP contribution >= 0.6 is 11.6 Å². The quantitative estimate of drug-likeness (QED) is 0.865. The van der Waals surface area contributed by atoms with Crippen LogP contribution in [0.4, 0.5) is 0 Å². The molecular weight excluding hydrogens is 276 g/mol. The van der Waals surface area contributed by atoms with Crippen LogP contribution in [-0.2, 0) is 10.0 Å². The van der Waals surface area contributed by atoms with Gasteiger partial charge in [0.15, 0.2) is 0 Å². The number of carbonyl (C=O) groups excluding carboxylic acids is 1. The minimum Gasteiger partial charge on any atom is -0.347 e. The van der Waals surface area contributed by atoms with E-state index in [0.717, 1.165) is 0 Å². The molecule has 0 radical (unpaired) electrons. The van der Waals surface area contributed by atoms with Crippen molar-refractivity contribution < 1.29 is 13.2 Å². The average Bonchev–Trinajstić information content (AvgIpc) is 2.12. The lowest BCUT2D eigenvalue weighted by Gasteiger charge is -2.20. The van der Waals surface area contributed by atoms with Crippen molar-refractivity contribution in [3.8, 4) is 0 Å². The molecular formula is C11H15ClN2O3S. The smallest absolute Gasteiger partial charge is 0.251 e. The van der Waals surface area contributed by atoms with E-state index < -0.39 is 21.5 Å². The molecule has 1 aromatic carbocycles. The molecule has 5 nitrogen and oxygen atoms in total. The molecule has 0 aromatic heterocycles. The van der Waals surface area contributed by atoms with Gasteiger partial charge in [-0.15, -0.1) is 0 Å². The van der Waals surface area contributed by atoms with Crippen LogP contribution in [0.15, 0.2) is 23.1 Å². The van der Waals surface area contributed by atoms with Gasteiger partial charge in [0.25, 0.3) is 5.91 Å². The second-order valence-electron chi connectivity index (χ2n) is 4.92. The van der Waals surface area contributed by atoms with Crippen LogP contribution in [0, 0.1) is 0 Å². The highest BCUT2D eigenvalue weighted by molar-refractivity contribution is 7.89. The summed E-state index contributed by atoms with van der Waals surface area (Å²) in [6, 6.07) is 3.78. The number of amides is 1. The highest BCUT2D eigenvalue weighted by Gasteiger charge is 2.18. The van der Waals surface area contributed by atoms with Gasteiger partial charge in [-0.2, -0.15) is 0 Å². The summed E-state index contributed by atoms with van der Waals surface area (Å²) in [7, 11) is -3.89. The zero-order valence-corrected chi connectivity index (χ0v) is 11.9. The van der Waals surface area contributed by atoms with Crippen molar-refractivity contribution in [3.05, 3.63) is 28.8 Å². The van der Waals surface area contributed by atoms with Gasteiger partial charge in [0.1, 0.15) is 0 Å². The summed E-state index contributed by atoms with van der Waals surface area (Å²) in [4.78, 5) is 11.7. The molecule has 0 atom stereocenters. The maximum atomic E-state index is 11.9. The molecule has 18 heavy (non-hydrogen) atoms. The fourth-order valence-electron chi connectivity index (χ4n) is 1.27. The molecule has 0 aliphatic heterocycles. The van der Waals surface area contributed by atoms with E-state index in [4.69, 9.17) is 16.7 Å². The van der Waals surface area contributed by atoms with Crippen LogP contribution in [-0.4, -0.2) is 19.9 Å². The summed E-state index contributed by atoms with van der Waals surface area (Å²) in [5, 5.41) is 7.85. The van der Waals surface area contributed by atoms with Gasteiger partial charge in [0.2, 0.25) is 10.0 Å². The molecule has 1 aromatic rings. The van der Waals surface area contributed by atoms with Crippen molar-refractivity contribution in [1.29, 1.82) is 0 Å². The molecule has 0 unspecified atom stereocenters. The summed E-state index contributed by atoms with van der Waals surface area (Å²) in [6.07, 6.45) is 0. The Balaban J connectivity index is 3.19. The highest BCUT2D eigenvalue weighted by atomic mass is 35.5. The van der Waals surface area contributed by atoms with Crippen LogP contribution in [0.3, 0.4) is 0 Å². The Hall–Kier alpha value is -1.11. The molecule has 0 spiro atoms. The van der Waals surface area contributed by atoms with Crippen LogP contribution in [0.2, 0.25) is 5.02 Å². The fourth-order valence-corrected chi connectivity index (χ4v) is 2.15. The summed E-state index contributed by atoms with van der Waals surface area (Å²) in [5.41, 5.74) is -0.275. The molecule has 0 saturated heterocycles. The first-order chi connectivity index (χ1) is 7.99. The van der Waals surface area contributed by atoms with Gasteiger partial charge < -0.3 is 5.32 Å². The number of hydrogen-bond acceptors (Lipinski definition) is 3. The van der Waals surface area contributed by atoms with E-state index in [9.17, 15) is 13.2 Å². The Morgan fingerprint density at radius 3 is 2.28 bits per heavy atom. The van der Waals surface area contributed by atoms with Crippen molar-refractivity contribution >= 4 is 27.5 Å². The predicted molar refractivity (Wildman–Crippen MR) is 70.0 cm³/mol. The molecule has 100 valence electrons. The van der Waals surface area contributed by atoms with Gasteiger partial charge in [-0.1, -0.05) is 11.6 Å². The van der Waals surface area contributed by atoms with Crippen molar-refractivity contribution in [3.63, 3.8) is 0 Å². The van der Waals surface area contributed by atoms with Gasteiger partial charge in [0, 0.05) is 16.1 Å². The van der Waals surface area contributed by atoms with E-state index in [1.54, 1.807) is 0 Å². The minimum absolute atomic E-state index is 0.139. The third kappa shape index (κ3) is 4.29. The van der Waals surface area contributed by atoms with Crippen molar-refractivity contribution in [2.75, 3.05) is 0 Å². The molecule has 1 rings (SSSR count). The van der Waals surface area contributed by atoms with Gasteiger partial charge in [-0.25, -0.2) is 13.6 Å². The number of carbonyl (C=O) groups is 1. The third-order valence-electron chi connectivity index (χ3n) is 1.95. The molecule has 3 N–H and O–H groups in total. The molecule has 7 heteroatoms. The minimum atomic E-state index is -3.89. The summed E-state index contributed by atoms with van der Waals surface area (Å²) in [5.74, 6) is -0.408. The fraction of sp³-hybridized carbons (Fsp3) is 0.364. The predicted octanol–water partition coefficient (Wildman–Crippen LogP) is 1.52. The first-order valence-electron chi connectivity index (χ1n) is 5.15. The van der Waals surface area contributed by atoms with Crippen molar-refractivity contribution in [1.82, 2.24) is 5.32 Å². The second kappa shape index (κ2) is 4.87. The molecule has 1 amide bonds. The normalized spacial score (nSPS) is 12.3. The number of hydrogen-bond donors (Lipinski definition) is 2. The van der Waals surface area contributed by atoms with E-state index in [1.165, 1.54) is 18.2 Å². The third-order valence-corrected chi connectivity index (χ3v) is 3.06. The SMILES string of the molecule is CC(C)(C)NC(=O)c1cc(Cl)cc(S(N)(=O)=O)c1. The molecule has 0 aliphatic rings. The van der Waals surface area contributed by atoms with Gasteiger partial charge in [0.05, 0.1) is 4.90 Å². The van der Waals surface area contributed by atoms with Crippen LogP contribution in [0.1, 0.15) is 31.1 Å². The van der Waals surface area contributed by atoms with Gasteiger partial charge >= 0.3 is 0 Å². The number of sulfonamides is 1. The first-order valence-corrected chi connectivity index (χ1v) is 7.07. The maximum absolute atomic E-state index is 11.9. The summed E-state index contributed by atoms with van der Waals surface area (Å²) in [6.45, 7) is 5.45. The average molecular weight is 291 g/mol. The standard InChI is InChI=1S/C11H15ClN2O3S/c1-11(2,3)14-10(15)7-4-8(12)6-9(5-7)18(13,16)17/h4-6H,1-3H3,(H,14,15)(H2,13,16,17). The highest BCUT2D eigenvalue weighted by Crippen LogP contribution is 2.18. The zero-order chi connectivity index (χ0) is 14.1. The summed E-state index contributed by atoms with van der Waals surface area (Å²) < 4.78 is 22.5. The van der Waals surface area contributed by atoms with E-state index in [0.29, 0.717) is 0 Å². The lowest BCUT2D eigenvalue weighted by atomic mass is 10.1. The number of nitrogens with two attached hydrogens (primary N) is 1. The lowest BCUT2D eigenvalue weighted by molar-refractivity contribution is 0.0919. The van der Waals surface area contributed by atoms with Crippen molar-refractivity contribution in [2.45, 2.75) is 31.2 Å².